The lowest BCUT2D eigenvalue weighted by Gasteiger charge is -2.13. The molecule has 4 heteroatoms. The summed E-state index contributed by atoms with van der Waals surface area (Å²) in [5, 5.41) is 9.20. The van der Waals surface area contributed by atoms with E-state index in [9.17, 15) is 9.90 Å². The molecule has 0 heterocycles. The number of aryl methyl sites for hydroxylation is 2. The lowest BCUT2D eigenvalue weighted by Crippen LogP contribution is -2.02. The Balaban J connectivity index is 2.49. The second-order valence-electron chi connectivity index (χ2n) is 4.27. The summed E-state index contributed by atoms with van der Waals surface area (Å²) in [4.78, 5) is 11.2. The molecule has 0 aliphatic carbocycles. The van der Waals surface area contributed by atoms with Crippen LogP contribution in [0.15, 0.2) is 40.9 Å². The molecule has 98 valence electrons. The molecule has 0 saturated carbocycles. The van der Waals surface area contributed by atoms with Crippen LogP contribution >= 0.6 is 15.9 Å². The molecule has 0 aliphatic rings. The van der Waals surface area contributed by atoms with Gasteiger partial charge < -0.3 is 9.84 Å². The largest absolute Gasteiger partial charge is 0.478 e. The number of para-hydroxylation sites is 1. The van der Waals surface area contributed by atoms with Gasteiger partial charge in [-0.2, -0.15) is 0 Å². The highest BCUT2D eigenvalue weighted by atomic mass is 79.9. The molecule has 1 N–H and O–H groups in total. The number of rotatable bonds is 3. The normalized spacial score (nSPS) is 10.3. The van der Waals surface area contributed by atoms with Gasteiger partial charge >= 0.3 is 5.97 Å². The van der Waals surface area contributed by atoms with Crippen molar-refractivity contribution in [1.82, 2.24) is 0 Å². The van der Waals surface area contributed by atoms with Crippen molar-refractivity contribution < 1.29 is 14.6 Å². The fourth-order valence-corrected chi connectivity index (χ4v) is 2.09. The van der Waals surface area contributed by atoms with Crippen molar-refractivity contribution >= 4 is 21.9 Å². The first kappa shape index (κ1) is 13.6. The van der Waals surface area contributed by atoms with Gasteiger partial charge in [0.15, 0.2) is 0 Å². The summed E-state index contributed by atoms with van der Waals surface area (Å²) >= 11 is 3.38. The van der Waals surface area contributed by atoms with Crippen LogP contribution in [0, 0.1) is 13.8 Å². The van der Waals surface area contributed by atoms with Crippen LogP contribution in [0.2, 0.25) is 0 Å². The third kappa shape index (κ3) is 2.96. The quantitative estimate of drug-likeness (QED) is 0.902. The van der Waals surface area contributed by atoms with Crippen molar-refractivity contribution in [3.05, 3.63) is 57.6 Å². The fourth-order valence-electron chi connectivity index (χ4n) is 1.75. The maximum atomic E-state index is 11.2. The number of carboxylic acid groups (broad SMARTS) is 1. The van der Waals surface area contributed by atoms with Gasteiger partial charge in [0, 0.05) is 4.47 Å². The molecule has 0 atom stereocenters. The minimum atomic E-state index is -0.994. The van der Waals surface area contributed by atoms with Gasteiger partial charge in [-0.05, 0) is 43.2 Å². The van der Waals surface area contributed by atoms with Gasteiger partial charge in [0.25, 0.3) is 0 Å². The Hall–Kier alpha value is -1.81. The van der Waals surface area contributed by atoms with Crippen molar-refractivity contribution in [2.45, 2.75) is 13.8 Å². The molecule has 0 spiro atoms. The van der Waals surface area contributed by atoms with Crippen LogP contribution in [0.4, 0.5) is 0 Å². The number of hydrogen-bond donors (Lipinski definition) is 1. The molecule has 2 aromatic rings. The summed E-state index contributed by atoms with van der Waals surface area (Å²) in [7, 11) is 0. The molecule has 19 heavy (non-hydrogen) atoms. The maximum Gasteiger partial charge on any atom is 0.339 e. The van der Waals surface area contributed by atoms with Crippen LogP contribution in [0.3, 0.4) is 0 Å². The second kappa shape index (κ2) is 5.45. The van der Waals surface area contributed by atoms with E-state index in [1.165, 1.54) is 6.07 Å². The monoisotopic (exact) mass is 320 g/mol. The van der Waals surface area contributed by atoms with E-state index >= 15 is 0 Å². The second-order valence-corrected chi connectivity index (χ2v) is 5.18. The van der Waals surface area contributed by atoms with Crippen molar-refractivity contribution in [2.24, 2.45) is 0 Å². The summed E-state index contributed by atoms with van der Waals surface area (Å²) in [5.74, 6) is 0.0359. The van der Waals surface area contributed by atoms with E-state index in [0.29, 0.717) is 11.5 Å². The third-order valence-electron chi connectivity index (χ3n) is 2.80. The summed E-state index contributed by atoms with van der Waals surface area (Å²) in [5.41, 5.74) is 1.90. The first-order chi connectivity index (χ1) is 8.99. The van der Waals surface area contributed by atoms with Crippen LogP contribution < -0.4 is 4.74 Å². The van der Waals surface area contributed by atoms with E-state index in [0.717, 1.165) is 15.6 Å². The number of aromatic carboxylic acids is 1. The Labute approximate surface area is 120 Å². The summed E-state index contributed by atoms with van der Waals surface area (Å²) < 4.78 is 6.69. The van der Waals surface area contributed by atoms with Crippen LogP contribution in [0.5, 0.6) is 11.5 Å². The van der Waals surface area contributed by atoms with Crippen LogP contribution in [-0.4, -0.2) is 11.1 Å². The highest BCUT2D eigenvalue weighted by Crippen LogP contribution is 2.32. The predicted molar refractivity (Wildman–Crippen MR) is 77.1 cm³/mol. The number of halogens is 1. The smallest absolute Gasteiger partial charge is 0.339 e. The van der Waals surface area contributed by atoms with E-state index < -0.39 is 5.97 Å². The Morgan fingerprint density at radius 2 is 1.89 bits per heavy atom. The standard InChI is InChI=1S/C15H13BrO3/c1-9-6-7-11(16)8-13(9)19-14-10(2)4-3-5-12(14)15(17)18/h3-8H,1-2H3,(H,17,18). The molecule has 0 aromatic heterocycles. The van der Waals surface area contributed by atoms with Gasteiger partial charge in [0.05, 0.1) is 0 Å². The molecule has 0 fully saturated rings. The highest BCUT2D eigenvalue weighted by Gasteiger charge is 2.15. The third-order valence-corrected chi connectivity index (χ3v) is 3.30. The number of carboxylic acids is 1. The molecule has 2 aromatic carbocycles. The van der Waals surface area contributed by atoms with Crippen molar-refractivity contribution in [2.75, 3.05) is 0 Å². The van der Waals surface area contributed by atoms with Crippen molar-refractivity contribution in [3.63, 3.8) is 0 Å². The first-order valence-electron chi connectivity index (χ1n) is 5.76. The van der Waals surface area contributed by atoms with Crippen molar-refractivity contribution in [3.8, 4) is 11.5 Å². The Bertz CT molecular complexity index is 635. The average Bonchev–Trinajstić information content (AvgIpc) is 2.35. The van der Waals surface area contributed by atoms with Crippen LogP contribution in [-0.2, 0) is 0 Å². The number of ether oxygens (including phenoxy) is 1. The Kier molecular flexibility index (Phi) is 3.90. The number of benzene rings is 2. The SMILES string of the molecule is Cc1ccc(Br)cc1Oc1c(C)cccc1C(=O)O. The van der Waals surface area contributed by atoms with Gasteiger partial charge in [0.1, 0.15) is 17.1 Å². The van der Waals surface area contributed by atoms with E-state index in [2.05, 4.69) is 15.9 Å². The summed E-state index contributed by atoms with van der Waals surface area (Å²) in [6.45, 7) is 3.75. The molecule has 2 rings (SSSR count). The first-order valence-corrected chi connectivity index (χ1v) is 6.55. The van der Waals surface area contributed by atoms with Crippen LogP contribution in [0.1, 0.15) is 21.5 Å². The van der Waals surface area contributed by atoms with Gasteiger partial charge in [-0.1, -0.05) is 34.1 Å². The minimum absolute atomic E-state index is 0.166. The zero-order chi connectivity index (χ0) is 14.0. The zero-order valence-corrected chi connectivity index (χ0v) is 12.2. The molecular weight excluding hydrogens is 308 g/mol. The van der Waals surface area contributed by atoms with E-state index in [4.69, 9.17) is 4.74 Å². The average molecular weight is 321 g/mol. The lowest BCUT2D eigenvalue weighted by molar-refractivity contribution is 0.0694. The zero-order valence-electron chi connectivity index (χ0n) is 10.6. The predicted octanol–water partition coefficient (Wildman–Crippen LogP) is 4.56. The summed E-state index contributed by atoms with van der Waals surface area (Å²) in [6.07, 6.45) is 0. The maximum absolute atomic E-state index is 11.2. The molecule has 0 radical (unpaired) electrons. The van der Waals surface area contributed by atoms with Gasteiger partial charge in [-0.3, -0.25) is 0 Å². The number of carbonyl (C=O) groups is 1. The topological polar surface area (TPSA) is 46.5 Å². The molecule has 0 saturated heterocycles. The molecule has 0 aliphatic heterocycles. The molecule has 0 unspecified atom stereocenters. The highest BCUT2D eigenvalue weighted by molar-refractivity contribution is 9.10. The van der Waals surface area contributed by atoms with E-state index in [1.54, 1.807) is 6.07 Å². The van der Waals surface area contributed by atoms with Crippen molar-refractivity contribution in [1.29, 1.82) is 0 Å². The molecular formula is C15H13BrO3. The molecule has 3 nitrogen and oxygen atoms in total. The Morgan fingerprint density at radius 3 is 2.58 bits per heavy atom. The van der Waals surface area contributed by atoms with Gasteiger partial charge in [0.2, 0.25) is 0 Å². The van der Waals surface area contributed by atoms with E-state index in [1.807, 2.05) is 38.1 Å². The van der Waals surface area contributed by atoms with Gasteiger partial charge in [-0.25, -0.2) is 4.79 Å². The fraction of sp³-hybridized carbons (Fsp3) is 0.133. The van der Waals surface area contributed by atoms with Crippen LogP contribution in [0.25, 0.3) is 0 Å². The summed E-state index contributed by atoms with van der Waals surface area (Å²) in [6, 6.07) is 10.7. The number of hydrogen-bond acceptors (Lipinski definition) is 2. The lowest BCUT2D eigenvalue weighted by atomic mass is 10.1. The minimum Gasteiger partial charge on any atom is -0.478 e. The molecule has 0 bridgehead atoms. The Morgan fingerprint density at radius 1 is 1.16 bits per heavy atom. The molecule has 0 amide bonds. The van der Waals surface area contributed by atoms with Gasteiger partial charge in [-0.15, -0.1) is 0 Å². The van der Waals surface area contributed by atoms with E-state index in [-0.39, 0.29) is 5.56 Å².